The number of anilines is 1. The van der Waals surface area contributed by atoms with Crippen LogP contribution in [-0.4, -0.2) is 62.2 Å². The van der Waals surface area contributed by atoms with Crippen LogP contribution < -0.4 is 4.90 Å². The number of halogens is 2. The molecule has 1 saturated heterocycles. The molecule has 1 fully saturated rings. The summed E-state index contributed by atoms with van der Waals surface area (Å²) in [6.45, 7) is 4.11. The fourth-order valence-corrected chi connectivity index (χ4v) is 4.42. The molecule has 7 nitrogen and oxygen atoms in total. The molecular formula is C18H18ClFN6OS. The highest BCUT2D eigenvalue weighted by Crippen LogP contribution is 2.29. The van der Waals surface area contributed by atoms with Gasteiger partial charge in [0.15, 0.2) is 5.65 Å². The molecule has 2 aromatic heterocycles. The molecule has 1 atom stereocenters. The summed E-state index contributed by atoms with van der Waals surface area (Å²) in [5.41, 5.74) is 1.72. The average Bonchev–Trinajstić information content (AvgIpc) is 3.16. The number of H-pyrrole nitrogens is 1. The molecule has 3 heterocycles. The van der Waals surface area contributed by atoms with Gasteiger partial charge in [0.05, 0.1) is 17.3 Å². The zero-order valence-electron chi connectivity index (χ0n) is 15.1. The molecule has 3 aromatic rings. The largest absolute Gasteiger partial charge is 0.366 e. The van der Waals surface area contributed by atoms with Gasteiger partial charge in [0, 0.05) is 26.2 Å². The van der Waals surface area contributed by atoms with Gasteiger partial charge >= 0.3 is 0 Å². The second kappa shape index (κ2) is 7.92. The predicted octanol–water partition coefficient (Wildman–Crippen LogP) is 2.97. The average molecular weight is 421 g/mol. The molecule has 4 rings (SSSR count). The van der Waals surface area contributed by atoms with E-state index in [0.29, 0.717) is 48.1 Å². The van der Waals surface area contributed by atoms with E-state index in [1.54, 1.807) is 12.1 Å². The summed E-state index contributed by atoms with van der Waals surface area (Å²) < 4.78 is 14.0. The van der Waals surface area contributed by atoms with Crippen LogP contribution in [0.1, 0.15) is 6.92 Å². The smallest absolute Gasteiger partial charge is 0.235 e. The van der Waals surface area contributed by atoms with Crippen LogP contribution in [0.3, 0.4) is 0 Å². The highest BCUT2D eigenvalue weighted by molar-refractivity contribution is 8.00. The Hall–Kier alpha value is -2.39. The molecule has 10 heteroatoms. The number of carbonyl (C=O) groups excluding carboxylic acids is 1. The van der Waals surface area contributed by atoms with Crippen molar-refractivity contribution in [3.05, 3.63) is 41.7 Å². The number of aromatic nitrogens is 4. The molecule has 0 aliphatic carbocycles. The first kappa shape index (κ1) is 18.9. The molecule has 0 radical (unpaired) electrons. The first-order valence-corrected chi connectivity index (χ1v) is 10.1. The van der Waals surface area contributed by atoms with Crippen LogP contribution in [0.25, 0.3) is 11.2 Å². The minimum absolute atomic E-state index is 0.0144. The molecule has 146 valence electrons. The number of hydrogen-bond donors (Lipinski definition) is 1. The summed E-state index contributed by atoms with van der Waals surface area (Å²) in [6, 6.07) is 6.71. The van der Waals surface area contributed by atoms with Gasteiger partial charge in [-0.1, -0.05) is 23.9 Å². The standard InChI is InChI=1S/C18H18ClFN6OS/c1-11(28-16-14-15(22-10-21-14)23-18(19)24-16)17(27)26-8-6-25(7-9-26)13-5-3-2-4-12(13)20/h2-5,10-11H,6-9H2,1H3,(H,21,22,23,24). The Kier molecular flexibility index (Phi) is 5.36. The fourth-order valence-electron chi connectivity index (χ4n) is 3.22. The molecule has 0 saturated carbocycles. The van der Waals surface area contributed by atoms with Crippen molar-refractivity contribution in [1.82, 2.24) is 24.8 Å². The van der Waals surface area contributed by atoms with E-state index in [1.165, 1.54) is 24.2 Å². The second-order valence-corrected chi connectivity index (χ2v) is 8.09. The minimum Gasteiger partial charge on any atom is -0.366 e. The number of amides is 1. The lowest BCUT2D eigenvalue weighted by Crippen LogP contribution is -2.50. The van der Waals surface area contributed by atoms with Crippen LogP contribution in [0.5, 0.6) is 0 Å². The van der Waals surface area contributed by atoms with Crippen LogP contribution >= 0.6 is 23.4 Å². The maximum atomic E-state index is 14.0. The van der Waals surface area contributed by atoms with Crippen molar-refractivity contribution in [2.45, 2.75) is 17.2 Å². The van der Waals surface area contributed by atoms with Gasteiger partial charge in [-0.2, -0.15) is 4.98 Å². The van der Waals surface area contributed by atoms with Gasteiger partial charge in [-0.3, -0.25) is 4.79 Å². The van der Waals surface area contributed by atoms with Gasteiger partial charge < -0.3 is 14.8 Å². The van der Waals surface area contributed by atoms with Gasteiger partial charge in [-0.25, -0.2) is 14.4 Å². The van der Waals surface area contributed by atoms with Gasteiger partial charge in [0.1, 0.15) is 16.4 Å². The van der Waals surface area contributed by atoms with E-state index in [9.17, 15) is 9.18 Å². The Balaban J connectivity index is 1.41. The summed E-state index contributed by atoms with van der Waals surface area (Å²) in [6.07, 6.45) is 1.52. The maximum Gasteiger partial charge on any atom is 0.235 e. The SMILES string of the molecule is CC(Sc1nc(Cl)nc2nc[nH]c12)C(=O)N1CCN(c2ccccc2F)CC1. The van der Waals surface area contributed by atoms with Crippen molar-refractivity contribution >= 4 is 46.1 Å². The third kappa shape index (κ3) is 3.77. The summed E-state index contributed by atoms with van der Waals surface area (Å²) in [4.78, 5) is 32.0. The fraction of sp³-hybridized carbons (Fsp3) is 0.333. The van der Waals surface area contributed by atoms with Crippen LogP contribution in [-0.2, 0) is 4.79 Å². The highest BCUT2D eigenvalue weighted by atomic mass is 35.5. The molecule has 28 heavy (non-hydrogen) atoms. The van der Waals surface area contributed by atoms with Gasteiger partial charge in [-0.15, -0.1) is 0 Å². The minimum atomic E-state index is -0.350. The molecule has 1 aromatic carbocycles. The van der Waals surface area contributed by atoms with Crippen LogP contribution in [0.2, 0.25) is 5.28 Å². The van der Waals surface area contributed by atoms with Crippen LogP contribution in [0.4, 0.5) is 10.1 Å². The maximum absolute atomic E-state index is 14.0. The lowest BCUT2D eigenvalue weighted by molar-refractivity contribution is -0.130. The Labute approximate surface area is 170 Å². The first-order chi connectivity index (χ1) is 13.5. The summed E-state index contributed by atoms with van der Waals surface area (Å²) in [5.74, 6) is -0.226. The van der Waals surface area contributed by atoms with Gasteiger partial charge in [0.2, 0.25) is 11.2 Å². The number of imidazole rings is 1. The Morgan fingerprint density at radius 3 is 2.75 bits per heavy atom. The zero-order chi connectivity index (χ0) is 19.7. The number of rotatable bonds is 4. The number of piperazine rings is 1. The van der Waals surface area contributed by atoms with E-state index in [2.05, 4.69) is 19.9 Å². The Bertz CT molecular complexity index is 1010. The highest BCUT2D eigenvalue weighted by Gasteiger charge is 2.27. The quantitative estimate of drug-likeness (QED) is 0.397. The molecular weight excluding hydrogens is 403 g/mol. The molecule has 1 N–H and O–H groups in total. The number of aromatic amines is 1. The van der Waals surface area contributed by atoms with Crippen molar-refractivity contribution in [1.29, 1.82) is 0 Å². The van der Waals surface area contributed by atoms with E-state index in [1.807, 2.05) is 22.8 Å². The first-order valence-electron chi connectivity index (χ1n) is 8.84. The summed E-state index contributed by atoms with van der Waals surface area (Å²) in [7, 11) is 0. The molecule has 1 amide bonds. The number of benzene rings is 1. The van der Waals surface area contributed by atoms with Crippen molar-refractivity contribution in [3.8, 4) is 0 Å². The lowest BCUT2D eigenvalue weighted by atomic mass is 10.2. The van der Waals surface area contributed by atoms with E-state index in [-0.39, 0.29) is 22.3 Å². The Morgan fingerprint density at radius 1 is 1.25 bits per heavy atom. The van der Waals surface area contributed by atoms with E-state index in [0.717, 1.165) is 0 Å². The van der Waals surface area contributed by atoms with Crippen molar-refractivity contribution in [3.63, 3.8) is 0 Å². The number of nitrogens with one attached hydrogen (secondary N) is 1. The lowest BCUT2D eigenvalue weighted by Gasteiger charge is -2.37. The number of fused-ring (bicyclic) bond motifs is 1. The second-order valence-electron chi connectivity index (χ2n) is 6.42. The molecule has 1 aliphatic rings. The summed E-state index contributed by atoms with van der Waals surface area (Å²) in [5, 5.41) is 0.344. The van der Waals surface area contributed by atoms with Gasteiger partial charge in [0.25, 0.3) is 0 Å². The van der Waals surface area contributed by atoms with Crippen molar-refractivity contribution in [2.75, 3.05) is 31.1 Å². The molecule has 0 bridgehead atoms. The van der Waals surface area contributed by atoms with E-state index < -0.39 is 0 Å². The molecule has 1 aliphatic heterocycles. The molecule has 0 spiro atoms. The third-order valence-corrected chi connectivity index (χ3v) is 5.89. The predicted molar refractivity (Wildman–Crippen MR) is 107 cm³/mol. The number of carbonyl (C=O) groups is 1. The van der Waals surface area contributed by atoms with Crippen molar-refractivity contribution < 1.29 is 9.18 Å². The molecule has 1 unspecified atom stereocenters. The van der Waals surface area contributed by atoms with Crippen molar-refractivity contribution in [2.24, 2.45) is 0 Å². The number of thioether (sulfide) groups is 1. The normalized spacial score (nSPS) is 15.8. The number of nitrogens with zero attached hydrogens (tertiary/aromatic N) is 5. The number of hydrogen-bond acceptors (Lipinski definition) is 6. The van der Waals surface area contributed by atoms with E-state index in [4.69, 9.17) is 11.6 Å². The zero-order valence-corrected chi connectivity index (χ0v) is 16.7. The van der Waals surface area contributed by atoms with Crippen LogP contribution in [0.15, 0.2) is 35.6 Å². The monoisotopic (exact) mass is 420 g/mol. The van der Waals surface area contributed by atoms with Gasteiger partial charge in [-0.05, 0) is 30.7 Å². The Morgan fingerprint density at radius 2 is 2.00 bits per heavy atom. The van der Waals surface area contributed by atoms with E-state index >= 15 is 0 Å². The van der Waals surface area contributed by atoms with Crippen LogP contribution in [0, 0.1) is 5.82 Å². The number of para-hydroxylation sites is 1. The third-order valence-electron chi connectivity index (χ3n) is 4.65. The topological polar surface area (TPSA) is 78.0 Å². The summed E-state index contributed by atoms with van der Waals surface area (Å²) >= 11 is 7.28.